The SMILES string of the molecule is CCC(CC)N(CC(C)C)C(=O)C(Br)C(C)C. The minimum absolute atomic E-state index is 0.0538. The van der Waals surface area contributed by atoms with Crippen molar-refractivity contribution in [3.8, 4) is 0 Å². The van der Waals surface area contributed by atoms with Gasteiger partial charge in [0.05, 0.1) is 4.83 Å². The van der Waals surface area contributed by atoms with E-state index in [9.17, 15) is 4.79 Å². The molecule has 0 radical (unpaired) electrons. The highest BCUT2D eigenvalue weighted by Crippen LogP contribution is 2.20. The summed E-state index contributed by atoms with van der Waals surface area (Å²) in [5.41, 5.74) is 0. The molecule has 0 spiro atoms. The first-order valence-corrected chi connectivity index (χ1v) is 7.71. The molecule has 1 atom stereocenters. The molecular formula is C14H28BrNO. The highest BCUT2D eigenvalue weighted by atomic mass is 79.9. The molecule has 0 rings (SSSR count). The summed E-state index contributed by atoms with van der Waals surface area (Å²) in [6, 6.07) is 0.378. The van der Waals surface area contributed by atoms with Crippen molar-refractivity contribution in [1.82, 2.24) is 4.90 Å². The fourth-order valence-corrected chi connectivity index (χ4v) is 2.25. The molecule has 0 aromatic rings. The van der Waals surface area contributed by atoms with Gasteiger partial charge in [0.15, 0.2) is 0 Å². The normalized spacial score (nSPS) is 13.5. The number of alkyl halides is 1. The van der Waals surface area contributed by atoms with Crippen LogP contribution in [0, 0.1) is 11.8 Å². The molecule has 0 aliphatic rings. The zero-order valence-electron chi connectivity index (χ0n) is 12.2. The van der Waals surface area contributed by atoms with Crippen LogP contribution >= 0.6 is 15.9 Å². The number of halogens is 1. The van der Waals surface area contributed by atoms with Gasteiger partial charge in [-0.3, -0.25) is 4.79 Å². The summed E-state index contributed by atoms with van der Waals surface area (Å²) in [7, 11) is 0. The van der Waals surface area contributed by atoms with Crippen molar-refractivity contribution in [3.63, 3.8) is 0 Å². The molecule has 0 fully saturated rings. The van der Waals surface area contributed by atoms with Crippen molar-refractivity contribution in [2.45, 2.75) is 65.3 Å². The lowest BCUT2D eigenvalue weighted by Gasteiger charge is -2.34. The maximum absolute atomic E-state index is 12.5. The molecule has 0 aliphatic heterocycles. The van der Waals surface area contributed by atoms with Gasteiger partial charge in [-0.05, 0) is 24.7 Å². The first-order chi connectivity index (χ1) is 7.84. The van der Waals surface area contributed by atoms with Crippen LogP contribution in [0.1, 0.15) is 54.4 Å². The van der Waals surface area contributed by atoms with Gasteiger partial charge in [0, 0.05) is 12.6 Å². The summed E-state index contributed by atoms with van der Waals surface area (Å²) < 4.78 is 0. The van der Waals surface area contributed by atoms with Crippen LogP contribution in [0.3, 0.4) is 0 Å². The van der Waals surface area contributed by atoms with Gasteiger partial charge in [-0.2, -0.15) is 0 Å². The number of rotatable bonds is 7. The third kappa shape index (κ3) is 5.41. The molecule has 0 bridgehead atoms. The Morgan fingerprint density at radius 3 is 1.88 bits per heavy atom. The second-order valence-electron chi connectivity index (χ2n) is 5.50. The van der Waals surface area contributed by atoms with Gasteiger partial charge in [0.25, 0.3) is 0 Å². The topological polar surface area (TPSA) is 20.3 Å². The monoisotopic (exact) mass is 305 g/mol. The van der Waals surface area contributed by atoms with E-state index in [0.717, 1.165) is 19.4 Å². The van der Waals surface area contributed by atoms with Crippen LogP contribution in [0.4, 0.5) is 0 Å². The summed E-state index contributed by atoms with van der Waals surface area (Å²) in [6.07, 6.45) is 2.07. The van der Waals surface area contributed by atoms with Gasteiger partial charge < -0.3 is 4.90 Å². The third-order valence-corrected chi connectivity index (χ3v) is 4.50. The molecule has 0 aliphatic carbocycles. The van der Waals surface area contributed by atoms with E-state index in [1.165, 1.54) is 0 Å². The highest BCUT2D eigenvalue weighted by Gasteiger charge is 2.28. The molecule has 3 heteroatoms. The molecule has 102 valence electrons. The summed E-state index contributed by atoms with van der Waals surface area (Å²) in [5.74, 6) is 1.11. The Bertz CT molecular complexity index is 224. The maximum atomic E-state index is 12.5. The largest absolute Gasteiger partial charge is 0.339 e. The van der Waals surface area contributed by atoms with E-state index in [-0.39, 0.29) is 10.7 Å². The Kier molecular flexibility index (Phi) is 8.10. The van der Waals surface area contributed by atoms with Crippen molar-refractivity contribution in [3.05, 3.63) is 0 Å². The lowest BCUT2D eigenvalue weighted by atomic mass is 10.0. The minimum atomic E-state index is -0.0538. The lowest BCUT2D eigenvalue weighted by molar-refractivity contribution is -0.134. The predicted molar refractivity (Wildman–Crippen MR) is 78.5 cm³/mol. The Morgan fingerprint density at radius 1 is 1.12 bits per heavy atom. The predicted octanol–water partition coefficient (Wildman–Crippen LogP) is 4.08. The minimum Gasteiger partial charge on any atom is -0.339 e. The van der Waals surface area contributed by atoms with E-state index < -0.39 is 0 Å². The van der Waals surface area contributed by atoms with Gasteiger partial charge in [0.2, 0.25) is 5.91 Å². The first-order valence-electron chi connectivity index (χ1n) is 6.79. The van der Waals surface area contributed by atoms with Crippen LogP contribution in [-0.2, 0) is 4.79 Å². The molecule has 0 N–H and O–H groups in total. The van der Waals surface area contributed by atoms with Gasteiger partial charge in [-0.15, -0.1) is 0 Å². The fourth-order valence-electron chi connectivity index (χ4n) is 1.99. The van der Waals surface area contributed by atoms with E-state index in [4.69, 9.17) is 0 Å². The van der Waals surface area contributed by atoms with E-state index in [2.05, 4.69) is 62.4 Å². The van der Waals surface area contributed by atoms with Gasteiger partial charge in [-0.25, -0.2) is 0 Å². The van der Waals surface area contributed by atoms with Crippen LogP contribution in [0.2, 0.25) is 0 Å². The molecule has 17 heavy (non-hydrogen) atoms. The van der Waals surface area contributed by atoms with Crippen molar-refractivity contribution >= 4 is 21.8 Å². The number of nitrogens with zero attached hydrogens (tertiary/aromatic N) is 1. The van der Waals surface area contributed by atoms with Crippen LogP contribution in [-0.4, -0.2) is 28.2 Å². The van der Waals surface area contributed by atoms with Crippen molar-refractivity contribution < 1.29 is 4.79 Å². The van der Waals surface area contributed by atoms with E-state index in [1.807, 2.05) is 0 Å². The molecular weight excluding hydrogens is 278 g/mol. The number of amides is 1. The van der Waals surface area contributed by atoms with E-state index >= 15 is 0 Å². The molecule has 1 unspecified atom stereocenters. The second kappa shape index (κ2) is 8.12. The summed E-state index contributed by atoms with van der Waals surface area (Å²) in [4.78, 5) is 14.5. The molecule has 0 saturated carbocycles. The Labute approximate surface area is 115 Å². The van der Waals surface area contributed by atoms with Gasteiger partial charge >= 0.3 is 0 Å². The third-order valence-electron chi connectivity index (χ3n) is 3.05. The lowest BCUT2D eigenvalue weighted by Crippen LogP contribution is -2.46. The molecule has 2 nitrogen and oxygen atoms in total. The Hall–Kier alpha value is -0.0500. The number of hydrogen-bond acceptors (Lipinski definition) is 1. The van der Waals surface area contributed by atoms with Crippen molar-refractivity contribution in [1.29, 1.82) is 0 Å². The van der Waals surface area contributed by atoms with Crippen LogP contribution in [0.5, 0.6) is 0 Å². The fraction of sp³-hybridized carbons (Fsp3) is 0.929. The zero-order chi connectivity index (χ0) is 13.6. The number of carbonyl (C=O) groups excluding carboxylic acids is 1. The van der Waals surface area contributed by atoms with Crippen molar-refractivity contribution in [2.24, 2.45) is 11.8 Å². The molecule has 0 aromatic carbocycles. The molecule has 0 heterocycles. The number of hydrogen-bond donors (Lipinski definition) is 0. The van der Waals surface area contributed by atoms with Gasteiger partial charge in [0.1, 0.15) is 0 Å². The standard InChI is InChI=1S/C14H28BrNO/c1-7-12(8-2)16(9-10(3)4)14(17)13(15)11(5)6/h10-13H,7-9H2,1-6H3. The Morgan fingerprint density at radius 2 is 1.59 bits per heavy atom. The van der Waals surface area contributed by atoms with Gasteiger partial charge in [-0.1, -0.05) is 57.5 Å². The van der Waals surface area contributed by atoms with E-state index in [0.29, 0.717) is 17.9 Å². The summed E-state index contributed by atoms with van der Waals surface area (Å²) in [5, 5.41) is 0. The Balaban J connectivity index is 4.83. The zero-order valence-corrected chi connectivity index (χ0v) is 13.8. The summed E-state index contributed by atoms with van der Waals surface area (Å²) in [6.45, 7) is 13.7. The molecule has 1 amide bonds. The second-order valence-corrected chi connectivity index (χ2v) is 6.49. The van der Waals surface area contributed by atoms with Crippen LogP contribution in [0.15, 0.2) is 0 Å². The van der Waals surface area contributed by atoms with E-state index in [1.54, 1.807) is 0 Å². The maximum Gasteiger partial charge on any atom is 0.236 e. The first kappa shape index (κ1) is 16.9. The number of carbonyl (C=O) groups is 1. The van der Waals surface area contributed by atoms with Crippen LogP contribution < -0.4 is 0 Å². The average molecular weight is 306 g/mol. The average Bonchev–Trinajstić information content (AvgIpc) is 2.26. The van der Waals surface area contributed by atoms with Crippen LogP contribution in [0.25, 0.3) is 0 Å². The quantitative estimate of drug-likeness (QED) is 0.649. The van der Waals surface area contributed by atoms with Crippen molar-refractivity contribution in [2.75, 3.05) is 6.54 Å². The highest BCUT2D eigenvalue weighted by molar-refractivity contribution is 9.10. The smallest absolute Gasteiger partial charge is 0.236 e. The molecule has 0 aromatic heterocycles. The summed E-state index contributed by atoms with van der Waals surface area (Å²) >= 11 is 3.53. The molecule has 0 saturated heterocycles.